The first-order chi connectivity index (χ1) is 6.68. The van der Waals surface area contributed by atoms with Crippen molar-refractivity contribution in [3.8, 4) is 0 Å². The Labute approximate surface area is 83.5 Å². The zero-order valence-corrected chi connectivity index (χ0v) is 8.44. The summed E-state index contributed by atoms with van der Waals surface area (Å²) in [6.45, 7) is 2.49. The molecule has 76 valence electrons. The number of nitrogens with zero attached hydrogens (tertiary/aromatic N) is 1. The number of pyridine rings is 1. The van der Waals surface area contributed by atoms with Gasteiger partial charge in [0.15, 0.2) is 0 Å². The van der Waals surface area contributed by atoms with E-state index >= 15 is 0 Å². The minimum absolute atomic E-state index is 0.0867. The summed E-state index contributed by atoms with van der Waals surface area (Å²) in [5.41, 5.74) is 6.84. The lowest BCUT2D eigenvalue weighted by Crippen LogP contribution is -2.33. The number of rotatable bonds is 3. The quantitative estimate of drug-likeness (QED) is 0.773. The van der Waals surface area contributed by atoms with Crippen LogP contribution in [0.4, 0.5) is 0 Å². The molecular formula is C11H16N2O. The first-order valence-electron chi connectivity index (χ1n) is 5.10. The number of aryl methyl sites for hydroxylation is 1. The molecule has 1 aliphatic rings. The van der Waals surface area contributed by atoms with E-state index < -0.39 is 0 Å². The highest BCUT2D eigenvalue weighted by molar-refractivity contribution is 5.07. The van der Waals surface area contributed by atoms with E-state index in [2.05, 4.69) is 0 Å². The minimum atomic E-state index is 0.0867. The van der Waals surface area contributed by atoms with E-state index in [1.165, 1.54) is 12.8 Å². The van der Waals surface area contributed by atoms with Gasteiger partial charge in [-0.15, -0.1) is 0 Å². The second-order valence-corrected chi connectivity index (χ2v) is 4.15. The van der Waals surface area contributed by atoms with Gasteiger partial charge in [-0.1, -0.05) is 6.07 Å². The molecule has 3 heteroatoms. The maximum Gasteiger partial charge on any atom is 0.253 e. The highest BCUT2D eigenvalue weighted by Crippen LogP contribution is 2.31. The van der Waals surface area contributed by atoms with Crippen LogP contribution >= 0.6 is 0 Å². The Kier molecular flexibility index (Phi) is 2.42. The first kappa shape index (κ1) is 9.46. The van der Waals surface area contributed by atoms with Gasteiger partial charge in [0.25, 0.3) is 5.56 Å². The van der Waals surface area contributed by atoms with Crippen molar-refractivity contribution in [1.29, 1.82) is 0 Å². The lowest BCUT2D eigenvalue weighted by atomic mass is 10.2. The van der Waals surface area contributed by atoms with E-state index in [0.29, 0.717) is 12.5 Å². The largest absolute Gasteiger partial charge is 0.326 e. The van der Waals surface area contributed by atoms with Crippen molar-refractivity contribution < 1.29 is 0 Å². The number of hydrogen-bond donors (Lipinski definition) is 1. The summed E-state index contributed by atoms with van der Waals surface area (Å²) < 4.78 is 1.72. The molecule has 1 unspecified atom stereocenters. The molecule has 0 aliphatic heterocycles. The van der Waals surface area contributed by atoms with Crippen molar-refractivity contribution in [2.45, 2.75) is 32.4 Å². The van der Waals surface area contributed by atoms with Gasteiger partial charge in [-0.3, -0.25) is 4.79 Å². The van der Waals surface area contributed by atoms with Crippen molar-refractivity contribution in [3.05, 3.63) is 34.2 Å². The van der Waals surface area contributed by atoms with Gasteiger partial charge in [0.1, 0.15) is 0 Å². The fourth-order valence-corrected chi connectivity index (χ4v) is 1.70. The maximum atomic E-state index is 11.7. The summed E-state index contributed by atoms with van der Waals surface area (Å²) in [7, 11) is 0. The topological polar surface area (TPSA) is 48.0 Å². The van der Waals surface area contributed by atoms with E-state index in [4.69, 9.17) is 5.73 Å². The first-order valence-corrected chi connectivity index (χ1v) is 5.10. The molecule has 0 saturated heterocycles. The third-order valence-electron chi connectivity index (χ3n) is 2.85. The Bertz CT molecular complexity index is 379. The lowest BCUT2D eigenvalue weighted by Gasteiger charge is -2.12. The molecule has 1 aromatic rings. The van der Waals surface area contributed by atoms with Gasteiger partial charge in [-0.05, 0) is 31.7 Å². The Balaban J connectivity index is 2.15. The van der Waals surface area contributed by atoms with Crippen molar-refractivity contribution in [1.82, 2.24) is 4.57 Å². The fraction of sp³-hybridized carbons (Fsp3) is 0.545. The van der Waals surface area contributed by atoms with Gasteiger partial charge in [-0.2, -0.15) is 0 Å². The summed E-state index contributed by atoms with van der Waals surface area (Å²) >= 11 is 0. The third kappa shape index (κ3) is 1.87. The van der Waals surface area contributed by atoms with Crippen molar-refractivity contribution >= 4 is 0 Å². The summed E-state index contributed by atoms with van der Waals surface area (Å²) in [6.07, 6.45) is 4.26. The van der Waals surface area contributed by atoms with Crippen molar-refractivity contribution in [3.63, 3.8) is 0 Å². The molecule has 1 heterocycles. The lowest BCUT2D eigenvalue weighted by molar-refractivity contribution is 0.492. The molecule has 1 saturated carbocycles. The Morgan fingerprint density at radius 1 is 1.64 bits per heavy atom. The normalized spacial score (nSPS) is 18.1. The van der Waals surface area contributed by atoms with Crippen LogP contribution in [0.5, 0.6) is 0 Å². The molecule has 1 fully saturated rings. The van der Waals surface area contributed by atoms with Crippen LogP contribution in [0, 0.1) is 12.8 Å². The minimum Gasteiger partial charge on any atom is -0.326 e. The molecule has 0 amide bonds. The van der Waals surface area contributed by atoms with E-state index in [1.54, 1.807) is 4.57 Å². The predicted octanol–water partition coefficient (Wildman–Crippen LogP) is 0.894. The third-order valence-corrected chi connectivity index (χ3v) is 2.85. The molecule has 14 heavy (non-hydrogen) atoms. The molecule has 1 aliphatic carbocycles. The Hall–Kier alpha value is -1.09. The maximum absolute atomic E-state index is 11.7. The number of aromatic nitrogens is 1. The van der Waals surface area contributed by atoms with Gasteiger partial charge >= 0.3 is 0 Å². The molecule has 1 atom stereocenters. The summed E-state index contributed by atoms with van der Waals surface area (Å²) in [5, 5.41) is 0. The summed E-state index contributed by atoms with van der Waals surface area (Å²) in [5.74, 6) is 0.641. The van der Waals surface area contributed by atoms with Crippen LogP contribution in [0.3, 0.4) is 0 Å². The number of nitrogens with two attached hydrogens (primary N) is 1. The van der Waals surface area contributed by atoms with Crippen molar-refractivity contribution in [2.75, 3.05) is 0 Å². The van der Waals surface area contributed by atoms with Crippen LogP contribution in [0.15, 0.2) is 23.1 Å². The highest BCUT2D eigenvalue weighted by Gasteiger charge is 2.28. The molecule has 0 spiro atoms. The van der Waals surface area contributed by atoms with Crippen LogP contribution in [0.25, 0.3) is 0 Å². The van der Waals surface area contributed by atoms with Gasteiger partial charge in [0.2, 0.25) is 0 Å². The average molecular weight is 192 g/mol. The fourth-order valence-electron chi connectivity index (χ4n) is 1.70. The Morgan fingerprint density at radius 2 is 2.36 bits per heavy atom. The second-order valence-electron chi connectivity index (χ2n) is 4.15. The SMILES string of the molecule is Cc1cccn(CC(N)C2CC2)c1=O. The van der Waals surface area contributed by atoms with Gasteiger partial charge in [0.05, 0.1) is 0 Å². The molecule has 0 bridgehead atoms. The second kappa shape index (κ2) is 3.58. The molecule has 0 aromatic carbocycles. The molecule has 1 aromatic heterocycles. The van der Waals surface area contributed by atoms with E-state index in [1.807, 2.05) is 25.3 Å². The van der Waals surface area contributed by atoms with E-state index in [-0.39, 0.29) is 11.6 Å². The van der Waals surface area contributed by atoms with Crippen LogP contribution in [0.2, 0.25) is 0 Å². The highest BCUT2D eigenvalue weighted by atomic mass is 16.1. The van der Waals surface area contributed by atoms with Crippen molar-refractivity contribution in [2.24, 2.45) is 11.7 Å². The predicted molar refractivity (Wildman–Crippen MR) is 56.1 cm³/mol. The summed E-state index contributed by atoms with van der Waals surface area (Å²) in [4.78, 5) is 11.7. The van der Waals surface area contributed by atoms with Gasteiger partial charge in [0, 0.05) is 24.3 Å². The monoisotopic (exact) mass is 192 g/mol. The van der Waals surface area contributed by atoms with Crippen LogP contribution in [0.1, 0.15) is 18.4 Å². The molecule has 3 nitrogen and oxygen atoms in total. The average Bonchev–Trinajstić information content (AvgIpc) is 2.95. The Morgan fingerprint density at radius 3 is 3.00 bits per heavy atom. The molecular weight excluding hydrogens is 176 g/mol. The van der Waals surface area contributed by atoms with Crippen LogP contribution in [-0.4, -0.2) is 10.6 Å². The summed E-state index contributed by atoms with van der Waals surface area (Å²) in [6, 6.07) is 3.88. The smallest absolute Gasteiger partial charge is 0.253 e. The van der Waals surface area contributed by atoms with Crippen LogP contribution in [-0.2, 0) is 6.54 Å². The van der Waals surface area contributed by atoms with Gasteiger partial charge in [-0.25, -0.2) is 0 Å². The van der Waals surface area contributed by atoms with E-state index in [9.17, 15) is 4.79 Å². The zero-order valence-electron chi connectivity index (χ0n) is 8.44. The van der Waals surface area contributed by atoms with Gasteiger partial charge < -0.3 is 10.3 Å². The molecule has 0 radical (unpaired) electrons. The zero-order chi connectivity index (χ0) is 10.1. The van der Waals surface area contributed by atoms with Crippen LogP contribution < -0.4 is 11.3 Å². The standard InChI is InChI=1S/C11H16N2O/c1-8-3-2-6-13(11(8)14)7-10(12)9-4-5-9/h2-3,6,9-10H,4-5,7,12H2,1H3. The van der Waals surface area contributed by atoms with E-state index in [0.717, 1.165) is 5.56 Å². The number of hydrogen-bond acceptors (Lipinski definition) is 2. The molecule has 2 rings (SSSR count). The molecule has 2 N–H and O–H groups in total.